The molecule has 1 aromatic heterocycles. The number of alkyl halides is 3. The second-order valence-electron chi connectivity index (χ2n) is 5.43. The van der Waals surface area contributed by atoms with Crippen molar-refractivity contribution in [2.24, 2.45) is 12.8 Å². The normalized spacial score (nSPS) is 11.4. The van der Waals surface area contributed by atoms with Gasteiger partial charge in [0, 0.05) is 22.5 Å². The summed E-state index contributed by atoms with van der Waals surface area (Å²) in [6.07, 6.45) is -4.41. The third-order valence-corrected chi connectivity index (χ3v) is 3.54. The summed E-state index contributed by atoms with van der Waals surface area (Å²) in [5.41, 5.74) is 6.15. The molecule has 0 radical (unpaired) electrons. The molecule has 1 amide bonds. The molecule has 26 heavy (non-hydrogen) atoms. The van der Waals surface area contributed by atoms with Crippen molar-refractivity contribution in [3.8, 4) is 11.4 Å². The Bertz CT molecular complexity index is 949. The lowest BCUT2D eigenvalue weighted by atomic mass is 10.1. The van der Waals surface area contributed by atoms with E-state index in [4.69, 9.17) is 5.73 Å². The Hall–Kier alpha value is -3.43. The van der Waals surface area contributed by atoms with Gasteiger partial charge in [0.25, 0.3) is 0 Å². The zero-order valence-electron chi connectivity index (χ0n) is 13.4. The molecule has 0 unspecified atom stereocenters. The monoisotopic (exact) mass is 362 g/mol. The lowest BCUT2D eigenvalue weighted by molar-refractivity contribution is -0.137. The van der Waals surface area contributed by atoms with Gasteiger partial charge < -0.3 is 11.1 Å². The first-order chi connectivity index (χ1) is 12.2. The summed E-state index contributed by atoms with van der Waals surface area (Å²) in [5.74, 6) is -0.388. The predicted octanol–water partition coefficient (Wildman–Crippen LogP) is 2.74. The third-order valence-electron chi connectivity index (χ3n) is 3.54. The van der Waals surface area contributed by atoms with Gasteiger partial charge in [0.15, 0.2) is 0 Å². The quantitative estimate of drug-likeness (QED) is 0.744. The number of anilines is 2. The number of nitrogens with two attached hydrogens (primary N) is 1. The van der Waals surface area contributed by atoms with Gasteiger partial charge in [-0.1, -0.05) is 0 Å². The summed E-state index contributed by atoms with van der Waals surface area (Å²) in [7, 11) is 1.58. The molecule has 0 saturated heterocycles. The molecule has 134 valence electrons. The van der Waals surface area contributed by atoms with Crippen molar-refractivity contribution in [2.45, 2.75) is 6.18 Å². The fourth-order valence-electron chi connectivity index (χ4n) is 2.28. The minimum atomic E-state index is -4.41. The van der Waals surface area contributed by atoms with Crippen LogP contribution < -0.4 is 11.1 Å². The summed E-state index contributed by atoms with van der Waals surface area (Å²) < 4.78 is 38.0. The van der Waals surface area contributed by atoms with Gasteiger partial charge in [-0.25, -0.2) is 0 Å². The van der Waals surface area contributed by atoms with Crippen molar-refractivity contribution in [3.63, 3.8) is 0 Å². The van der Waals surface area contributed by atoms with Crippen LogP contribution in [0.2, 0.25) is 0 Å². The number of amides is 1. The van der Waals surface area contributed by atoms with Crippen molar-refractivity contribution in [3.05, 3.63) is 53.6 Å². The van der Waals surface area contributed by atoms with E-state index >= 15 is 0 Å². The van der Waals surface area contributed by atoms with Gasteiger partial charge in [0.05, 0.1) is 12.6 Å². The van der Waals surface area contributed by atoms with Crippen LogP contribution >= 0.6 is 0 Å². The standard InChI is InChI=1S/C16H13F3N6O/c1-25-23-15(22-24-25)12-8-9(14(20)26)2-7-13(12)21-11-5-3-10(4-6-11)16(17,18)19/h2-8,21H,1H3,(H2,20,26). The maximum atomic E-state index is 12.7. The number of benzene rings is 2. The van der Waals surface area contributed by atoms with Crippen molar-refractivity contribution >= 4 is 17.3 Å². The molecule has 3 rings (SSSR count). The highest BCUT2D eigenvalue weighted by molar-refractivity contribution is 5.95. The second kappa shape index (κ2) is 6.47. The lowest BCUT2D eigenvalue weighted by Gasteiger charge is -2.12. The highest BCUT2D eigenvalue weighted by Gasteiger charge is 2.30. The number of nitrogens with one attached hydrogen (secondary N) is 1. The smallest absolute Gasteiger partial charge is 0.366 e. The van der Waals surface area contributed by atoms with Gasteiger partial charge in [0.1, 0.15) is 0 Å². The van der Waals surface area contributed by atoms with Crippen LogP contribution in [0.3, 0.4) is 0 Å². The summed E-state index contributed by atoms with van der Waals surface area (Å²) in [5, 5.41) is 14.7. The summed E-state index contributed by atoms with van der Waals surface area (Å²) >= 11 is 0. The molecule has 1 heterocycles. The Morgan fingerprint density at radius 3 is 2.38 bits per heavy atom. The molecule has 0 aliphatic heterocycles. The minimum absolute atomic E-state index is 0.241. The molecule has 0 atom stereocenters. The number of carbonyl (C=O) groups is 1. The molecule has 2 aromatic carbocycles. The molecule has 7 nitrogen and oxygen atoms in total. The molecular weight excluding hydrogens is 349 g/mol. The van der Waals surface area contributed by atoms with E-state index in [1.165, 1.54) is 29.1 Å². The number of primary amides is 1. The highest BCUT2D eigenvalue weighted by atomic mass is 19.4. The number of hydrogen-bond acceptors (Lipinski definition) is 5. The molecule has 0 aliphatic carbocycles. The fourth-order valence-corrected chi connectivity index (χ4v) is 2.28. The second-order valence-corrected chi connectivity index (χ2v) is 5.43. The van der Waals surface area contributed by atoms with Gasteiger partial charge >= 0.3 is 6.18 Å². The Balaban J connectivity index is 1.98. The summed E-state index contributed by atoms with van der Waals surface area (Å²) in [6, 6.07) is 9.11. The predicted molar refractivity (Wildman–Crippen MR) is 87.5 cm³/mol. The van der Waals surface area contributed by atoms with Crippen molar-refractivity contribution in [2.75, 3.05) is 5.32 Å². The number of rotatable bonds is 4. The molecule has 3 N–H and O–H groups in total. The lowest BCUT2D eigenvalue weighted by Crippen LogP contribution is -2.11. The maximum Gasteiger partial charge on any atom is 0.416 e. The average molecular weight is 362 g/mol. The number of aromatic nitrogens is 4. The van der Waals surface area contributed by atoms with Gasteiger partial charge in [-0.15, -0.1) is 10.2 Å². The van der Waals surface area contributed by atoms with Crippen LogP contribution in [0.25, 0.3) is 11.4 Å². The molecule has 0 spiro atoms. The van der Waals surface area contributed by atoms with Gasteiger partial charge in [-0.3, -0.25) is 4.79 Å². The third kappa shape index (κ3) is 3.63. The number of hydrogen-bond donors (Lipinski definition) is 2. The summed E-state index contributed by atoms with van der Waals surface area (Å²) in [4.78, 5) is 12.7. The van der Waals surface area contributed by atoms with Crippen molar-refractivity contribution in [1.82, 2.24) is 20.2 Å². The zero-order chi connectivity index (χ0) is 18.9. The van der Waals surface area contributed by atoms with Crippen LogP contribution in [-0.4, -0.2) is 26.1 Å². The molecule has 0 aliphatic rings. The van der Waals surface area contributed by atoms with E-state index in [0.717, 1.165) is 12.1 Å². The van der Waals surface area contributed by atoms with E-state index in [0.29, 0.717) is 16.9 Å². The Morgan fingerprint density at radius 2 is 1.85 bits per heavy atom. The van der Waals surface area contributed by atoms with Gasteiger partial charge in [-0.2, -0.15) is 18.0 Å². The van der Waals surface area contributed by atoms with E-state index in [1.54, 1.807) is 13.1 Å². The maximum absolute atomic E-state index is 12.7. The Labute approximate surface area is 145 Å². The van der Waals surface area contributed by atoms with E-state index in [2.05, 4.69) is 20.7 Å². The van der Waals surface area contributed by atoms with Crippen LogP contribution in [0.4, 0.5) is 24.5 Å². The van der Waals surface area contributed by atoms with Gasteiger partial charge in [-0.05, 0) is 47.7 Å². The number of nitrogens with zero attached hydrogens (tertiary/aromatic N) is 4. The first kappa shape index (κ1) is 17.4. The number of tetrazole rings is 1. The molecular formula is C16H13F3N6O. The Kier molecular flexibility index (Phi) is 4.33. The van der Waals surface area contributed by atoms with E-state index in [-0.39, 0.29) is 11.4 Å². The summed E-state index contributed by atoms with van der Waals surface area (Å²) in [6.45, 7) is 0. The number of halogens is 3. The minimum Gasteiger partial charge on any atom is -0.366 e. The fraction of sp³-hybridized carbons (Fsp3) is 0.125. The molecule has 0 fully saturated rings. The van der Waals surface area contributed by atoms with E-state index in [1.807, 2.05) is 0 Å². The first-order valence-electron chi connectivity index (χ1n) is 7.36. The average Bonchev–Trinajstić information content (AvgIpc) is 3.01. The number of aryl methyl sites for hydroxylation is 1. The van der Waals surface area contributed by atoms with Crippen LogP contribution in [0.15, 0.2) is 42.5 Å². The van der Waals surface area contributed by atoms with E-state index < -0.39 is 17.6 Å². The van der Waals surface area contributed by atoms with Crippen LogP contribution in [-0.2, 0) is 13.2 Å². The molecule has 0 saturated carbocycles. The first-order valence-corrected chi connectivity index (χ1v) is 7.36. The number of carbonyl (C=O) groups excluding carboxylic acids is 1. The van der Waals surface area contributed by atoms with Crippen LogP contribution in [0, 0.1) is 0 Å². The highest BCUT2D eigenvalue weighted by Crippen LogP contribution is 2.32. The van der Waals surface area contributed by atoms with Crippen LogP contribution in [0.1, 0.15) is 15.9 Å². The topological polar surface area (TPSA) is 98.7 Å². The zero-order valence-corrected chi connectivity index (χ0v) is 13.4. The molecule has 10 heteroatoms. The SMILES string of the molecule is Cn1nnc(-c2cc(C(N)=O)ccc2Nc2ccc(C(F)(F)F)cc2)n1. The van der Waals surface area contributed by atoms with Crippen LogP contribution in [0.5, 0.6) is 0 Å². The Morgan fingerprint density at radius 1 is 1.15 bits per heavy atom. The van der Waals surface area contributed by atoms with Crippen molar-refractivity contribution < 1.29 is 18.0 Å². The van der Waals surface area contributed by atoms with E-state index in [9.17, 15) is 18.0 Å². The molecule has 0 bridgehead atoms. The largest absolute Gasteiger partial charge is 0.416 e. The van der Waals surface area contributed by atoms with Crippen molar-refractivity contribution in [1.29, 1.82) is 0 Å². The molecule has 3 aromatic rings. The van der Waals surface area contributed by atoms with Gasteiger partial charge in [0.2, 0.25) is 11.7 Å².